The van der Waals surface area contributed by atoms with Gasteiger partial charge >= 0.3 is 5.97 Å². The quantitative estimate of drug-likeness (QED) is 0.398. The minimum absolute atomic E-state index is 0.204. The van der Waals surface area contributed by atoms with E-state index in [0.717, 1.165) is 19.4 Å². The second kappa shape index (κ2) is 2.98. The van der Waals surface area contributed by atoms with Crippen LogP contribution in [-0.4, -0.2) is 30.7 Å². The lowest BCUT2D eigenvalue weighted by Gasteiger charge is -2.15. The molecule has 0 amide bonds. The summed E-state index contributed by atoms with van der Waals surface area (Å²) in [6.07, 6.45) is 1.81. The number of methoxy groups -OCH3 is 1. The van der Waals surface area contributed by atoms with E-state index in [1.807, 2.05) is 0 Å². The zero-order chi connectivity index (χ0) is 7.56. The number of nitrogens with two attached hydrogens (primary N) is 1. The average molecular weight is 144 g/mol. The first-order valence-corrected chi connectivity index (χ1v) is 3.35. The molecular formula is C6H12N2O2. The second-order valence-electron chi connectivity index (χ2n) is 2.42. The van der Waals surface area contributed by atoms with E-state index < -0.39 is 0 Å². The Morgan fingerprint density at radius 3 is 2.90 bits per heavy atom. The van der Waals surface area contributed by atoms with Crippen LogP contribution in [0.25, 0.3) is 0 Å². The molecule has 1 rings (SSSR count). The minimum Gasteiger partial charge on any atom is -0.468 e. The number of hydrogen-bond acceptors (Lipinski definition) is 4. The van der Waals surface area contributed by atoms with Gasteiger partial charge in [0.15, 0.2) is 0 Å². The SMILES string of the molecule is COC(=O)[C@@H]1CCCN1N. The predicted molar refractivity (Wildman–Crippen MR) is 35.9 cm³/mol. The molecule has 4 nitrogen and oxygen atoms in total. The molecule has 0 aromatic heterocycles. The number of carbonyl (C=O) groups is 1. The van der Waals surface area contributed by atoms with Crippen LogP contribution in [0.3, 0.4) is 0 Å². The highest BCUT2D eigenvalue weighted by Gasteiger charge is 2.28. The molecule has 0 spiro atoms. The zero-order valence-corrected chi connectivity index (χ0v) is 6.04. The molecule has 0 aliphatic carbocycles. The van der Waals surface area contributed by atoms with Crippen molar-refractivity contribution in [3.8, 4) is 0 Å². The molecule has 58 valence electrons. The summed E-state index contributed by atoms with van der Waals surface area (Å²) >= 11 is 0. The molecule has 1 saturated heterocycles. The number of esters is 1. The smallest absolute Gasteiger partial charge is 0.324 e. The van der Waals surface area contributed by atoms with E-state index in [1.165, 1.54) is 12.1 Å². The Hall–Kier alpha value is -0.610. The fraction of sp³-hybridized carbons (Fsp3) is 0.833. The van der Waals surface area contributed by atoms with Gasteiger partial charge in [-0.3, -0.25) is 10.6 Å². The number of carbonyl (C=O) groups excluding carboxylic acids is 1. The molecule has 0 aromatic rings. The van der Waals surface area contributed by atoms with Crippen LogP contribution >= 0.6 is 0 Å². The van der Waals surface area contributed by atoms with E-state index in [-0.39, 0.29) is 12.0 Å². The third kappa shape index (κ3) is 1.27. The van der Waals surface area contributed by atoms with E-state index >= 15 is 0 Å². The lowest BCUT2D eigenvalue weighted by molar-refractivity contribution is -0.145. The molecule has 0 saturated carbocycles. The Labute approximate surface area is 59.9 Å². The largest absolute Gasteiger partial charge is 0.468 e. The third-order valence-corrected chi connectivity index (χ3v) is 1.77. The molecule has 0 aromatic carbocycles. The first-order valence-electron chi connectivity index (χ1n) is 3.35. The van der Waals surface area contributed by atoms with Gasteiger partial charge in [0, 0.05) is 6.54 Å². The molecule has 0 unspecified atom stereocenters. The van der Waals surface area contributed by atoms with Gasteiger partial charge in [-0.1, -0.05) is 0 Å². The summed E-state index contributed by atoms with van der Waals surface area (Å²) in [7, 11) is 1.38. The van der Waals surface area contributed by atoms with Crippen LogP contribution in [0.5, 0.6) is 0 Å². The van der Waals surface area contributed by atoms with Crippen molar-refractivity contribution in [1.82, 2.24) is 5.01 Å². The van der Waals surface area contributed by atoms with Crippen molar-refractivity contribution in [2.75, 3.05) is 13.7 Å². The molecule has 2 N–H and O–H groups in total. The summed E-state index contributed by atoms with van der Waals surface area (Å²) in [6.45, 7) is 0.791. The van der Waals surface area contributed by atoms with E-state index in [1.54, 1.807) is 0 Å². The maximum Gasteiger partial charge on any atom is 0.324 e. The molecule has 1 aliphatic heterocycles. The van der Waals surface area contributed by atoms with Crippen molar-refractivity contribution in [3.63, 3.8) is 0 Å². The fourth-order valence-electron chi connectivity index (χ4n) is 1.18. The Kier molecular flexibility index (Phi) is 2.24. The summed E-state index contributed by atoms with van der Waals surface area (Å²) in [5, 5.41) is 1.53. The van der Waals surface area contributed by atoms with Gasteiger partial charge in [-0.25, -0.2) is 5.01 Å². The molecule has 10 heavy (non-hydrogen) atoms. The summed E-state index contributed by atoms with van der Waals surface area (Å²) in [6, 6.07) is -0.204. The average Bonchev–Trinajstić information content (AvgIpc) is 2.34. The normalized spacial score (nSPS) is 26.8. The lowest BCUT2D eigenvalue weighted by atomic mass is 10.2. The van der Waals surface area contributed by atoms with Crippen molar-refractivity contribution in [2.24, 2.45) is 5.84 Å². The van der Waals surface area contributed by atoms with Crippen molar-refractivity contribution in [1.29, 1.82) is 0 Å². The van der Waals surface area contributed by atoms with Crippen molar-refractivity contribution in [3.05, 3.63) is 0 Å². The molecule has 0 radical (unpaired) electrons. The van der Waals surface area contributed by atoms with Crippen molar-refractivity contribution in [2.45, 2.75) is 18.9 Å². The van der Waals surface area contributed by atoms with Gasteiger partial charge in [0.25, 0.3) is 0 Å². The van der Waals surface area contributed by atoms with E-state index in [0.29, 0.717) is 0 Å². The maximum atomic E-state index is 10.9. The molecular weight excluding hydrogens is 132 g/mol. The highest BCUT2D eigenvalue weighted by Crippen LogP contribution is 2.13. The number of ether oxygens (including phenoxy) is 1. The van der Waals surface area contributed by atoms with Crippen LogP contribution in [0.15, 0.2) is 0 Å². The van der Waals surface area contributed by atoms with Crippen molar-refractivity contribution >= 4 is 5.97 Å². The highest BCUT2D eigenvalue weighted by molar-refractivity contribution is 5.75. The van der Waals surface area contributed by atoms with E-state index in [4.69, 9.17) is 5.84 Å². The molecule has 1 aliphatic rings. The van der Waals surface area contributed by atoms with Crippen LogP contribution in [0.1, 0.15) is 12.8 Å². The van der Waals surface area contributed by atoms with Gasteiger partial charge in [0.1, 0.15) is 6.04 Å². The standard InChI is InChI=1S/C6H12N2O2/c1-10-6(9)5-3-2-4-8(5)7/h5H,2-4,7H2,1H3/t5-/m0/s1. The van der Waals surface area contributed by atoms with Crippen LogP contribution in [-0.2, 0) is 9.53 Å². The Morgan fingerprint density at radius 2 is 2.50 bits per heavy atom. The number of rotatable bonds is 1. The molecule has 0 bridgehead atoms. The van der Waals surface area contributed by atoms with Gasteiger partial charge in [-0.2, -0.15) is 0 Å². The maximum absolute atomic E-state index is 10.9. The summed E-state index contributed by atoms with van der Waals surface area (Å²) in [5.74, 6) is 5.27. The van der Waals surface area contributed by atoms with Crippen LogP contribution in [0.4, 0.5) is 0 Å². The van der Waals surface area contributed by atoms with Gasteiger partial charge in [-0.05, 0) is 12.8 Å². The van der Waals surface area contributed by atoms with Gasteiger partial charge in [-0.15, -0.1) is 0 Å². The molecule has 1 atom stereocenters. The summed E-state index contributed by atoms with van der Waals surface area (Å²) in [4.78, 5) is 10.9. The first-order chi connectivity index (χ1) is 4.75. The van der Waals surface area contributed by atoms with Gasteiger partial charge in [0.2, 0.25) is 0 Å². The highest BCUT2D eigenvalue weighted by atomic mass is 16.5. The minimum atomic E-state index is -0.222. The van der Waals surface area contributed by atoms with Gasteiger partial charge in [0.05, 0.1) is 7.11 Å². The van der Waals surface area contributed by atoms with Crippen molar-refractivity contribution < 1.29 is 9.53 Å². The molecule has 1 heterocycles. The number of hydrazine groups is 1. The zero-order valence-electron chi connectivity index (χ0n) is 6.04. The van der Waals surface area contributed by atoms with Crippen LogP contribution in [0.2, 0.25) is 0 Å². The Morgan fingerprint density at radius 1 is 1.80 bits per heavy atom. The Balaban J connectivity index is 2.46. The first kappa shape index (κ1) is 7.50. The topological polar surface area (TPSA) is 55.6 Å². The molecule has 4 heteroatoms. The summed E-state index contributed by atoms with van der Waals surface area (Å²) in [5.41, 5.74) is 0. The fourth-order valence-corrected chi connectivity index (χ4v) is 1.18. The van der Waals surface area contributed by atoms with E-state index in [9.17, 15) is 4.79 Å². The predicted octanol–water partition coefficient (Wildman–Crippen LogP) is -0.502. The Bertz CT molecular complexity index is 138. The summed E-state index contributed by atoms with van der Waals surface area (Å²) < 4.78 is 4.54. The van der Waals surface area contributed by atoms with E-state index in [2.05, 4.69) is 4.74 Å². The van der Waals surface area contributed by atoms with Gasteiger partial charge < -0.3 is 4.74 Å². The van der Waals surface area contributed by atoms with Crippen LogP contribution in [0, 0.1) is 0 Å². The van der Waals surface area contributed by atoms with Crippen LogP contribution < -0.4 is 5.84 Å². The monoisotopic (exact) mass is 144 g/mol. The third-order valence-electron chi connectivity index (χ3n) is 1.77. The number of hydrogen-bond donors (Lipinski definition) is 1. The number of nitrogens with zero attached hydrogens (tertiary/aromatic N) is 1. The molecule has 1 fully saturated rings. The lowest BCUT2D eigenvalue weighted by Crippen LogP contribution is -2.41. The second-order valence-corrected chi connectivity index (χ2v) is 2.42.